The van der Waals surface area contributed by atoms with E-state index in [0.29, 0.717) is 6.04 Å². The summed E-state index contributed by atoms with van der Waals surface area (Å²) in [7, 11) is 0. The van der Waals surface area contributed by atoms with Gasteiger partial charge in [0.2, 0.25) is 0 Å². The van der Waals surface area contributed by atoms with E-state index in [2.05, 4.69) is 48.5 Å². The maximum absolute atomic E-state index is 3.49. The zero-order valence-electron chi connectivity index (χ0n) is 13.6. The van der Waals surface area contributed by atoms with Crippen LogP contribution in [0.3, 0.4) is 0 Å². The smallest absolute Gasteiger partial charge is 0.0110 e. The van der Waals surface area contributed by atoms with Gasteiger partial charge in [0.1, 0.15) is 0 Å². The molecule has 0 bridgehead atoms. The lowest BCUT2D eigenvalue weighted by atomic mass is 10.2. The van der Waals surface area contributed by atoms with Crippen LogP contribution in [-0.2, 0) is 0 Å². The summed E-state index contributed by atoms with van der Waals surface area (Å²) >= 11 is 0. The van der Waals surface area contributed by atoms with Crippen LogP contribution in [0.5, 0.6) is 0 Å². The molecule has 0 spiro atoms. The van der Waals surface area contributed by atoms with Gasteiger partial charge in [0.25, 0.3) is 0 Å². The van der Waals surface area contributed by atoms with Crippen molar-refractivity contribution in [1.29, 1.82) is 0 Å². The molecule has 4 nitrogen and oxygen atoms in total. The summed E-state index contributed by atoms with van der Waals surface area (Å²) in [5, 5.41) is 10.4. The highest BCUT2D eigenvalue weighted by Gasteiger charge is 2.11. The van der Waals surface area contributed by atoms with Gasteiger partial charge in [-0.25, -0.2) is 0 Å². The molecule has 0 radical (unpaired) electrons. The van der Waals surface area contributed by atoms with E-state index in [4.69, 9.17) is 0 Å². The largest absolute Gasteiger partial charge is 0.314 e. The highest BCUT2D eigenvalue weighted by atomic mass is 15.2. The molecule has 1 atom stereocenters. The summed E-state index contributed by atoms with van der Waals surface area (Å²) in [5.74, 6) is 0. The number of hydrogen-bond acceptors (Lipinski definition) is 4. The molecule has 1 unspecified atom stereocenters. The average Bonchev–Trinajstić information content (AvgIpc) is 2.39. The van der Waals surface area contributed by atoms with Crippen LogP contribution in [0.2, 0.25) is 0 Å². The molecule has 0 aliphatic carbocycles. The molecule has 1 saturated heterocycles. The van der Waals surface area contributed by atoms with E-state index in [0.717, 1.165) is 52.4 Å². The Balaban J connectivity index is 0.000000982. The monoisotopic (exact) mass is 272 g/mol. The van der Waals surface area contributed by atoms with Gasteiger partial charge in [0.15, 0.2) is 0 Å². The lowest BCUT2D eigenvalue weighted by molar-refractivity contribution is 0.204. The molecule has 116 valence electrons. The Labute approximate surface area is 120 Å². The first-order valence-electron chi connectivity index (χ1n) is 8.12. The maximum atomic E-state index is 3.49. The summed E-state index contributed by atoms with van der Waals surface area (Å²) in [5.41, 5.74) is 0. The normalized spacial score (nSPS) is 21.5. The fourth-order valence-electron chi connectivity index (χ4n) is 1.98. The van der Waals surface area contributed by atoms with E-state index in [-0.39, 0.29) is 0 Å². The van der Waals surface area contributed by atoms with Gasteiger partial charge >= 0.3 is 0 Å². The van der Waals surface area contributed by atoms with Crippen LogP contribution in [0.25, 0.3) is 0 Å². The minimum Gasteiger partial charge on any atom is -0.314 e. The highest BCUT2D eigenvalue weighted by molar-refractivity contribution is 4.69. The van der Waals surface area contributed by atoms with Crippen molar-refractivity contribution in [1.82, 2.24) is 20.9 Å². The molecule has 0 aromatic heterocycles. The summed E-state index contributed by atoms with van der Waals surface area (Å²) in [4.78, 5) is 2.58. The topological polar surface area (TPSA) is 39.3 Å². The van der Waals surface area contributed by atoms with Gasteiger partial charge in [-0.2, -0.15) is 0 Å². The van der Waals surface area contributed by atoms with E-state index < -0.39 is 0 Å². The second kappa shape index (κ2) is 14.3. The molecule has 0 saturated carbocycles. The fourth-order valence-corrected chi connectivity index (χ4v) is 1.98. The van der Waals surface area contributed by atoms with Gasteiger partial charge in [-0.15, -0.1) is 0 Å². The summed E-state index contributed by atoms with van der Waals surface area (Å²) in [6, 6.07) is 0.699. The molecular weight excluding hydrogens is 236 g/mol. The van der Waals surface area contributed by atoms with Gasteiger partial charge in [-0.3, -0.25) is 4.90 Å². The van der Waals surface area contributed by atoms with Crippen molar-refractivity contribution in [3.8, 4) is 0 Å². The zero-order chi connectivity index (χ0) is 14.3. The van der Waals surface area contributed by atoms with Crippen molar-refractivity contribution in [3.05, 3.63) is 0 Å². The Morgan fingerprint density at radius 1 is 0.789 bits per heavy atom. The minimum absolute atomic E-state index is 0.699. The standard InChI is InChI=1S/C12H28N4.C3H8/c1-3-12(2)16-10-8-14-6-4-13-5-7-15-9-11-16;1-3-2/h12-15H,3-11H2,1-2H3;3H2,1-2H3. The molecule has 0 aromatic carbocycles. The molecule has 19 heavy (non-hydrogen) atoms. The summed E-state index contributed by atoms with van der Waals surface area (Å²) in [6.07, 6.45) is 2.49. The van der Waals surface area contributed by atoms with Crippen molar-refractivity contribution >= 4 is 0 Å². The number of nitrogens with one attached hydrogen (secondary N) is 3. The number of hydrogen-bond donors (Lipinski definition) is 3. The van der Waals surface area contributed by atoms with E-state index in [1.807, 2.05) is 0 Å². The van der Waals surface area contributed by atoms with E-state index in [1.54, 1.807) is 0 Å². The van der Waals surface area contributed by atoms with Gasteiger partial charge in [0.05, 0.1) is 0 Å². The third kappa shape index (κ3) is 11.4. The molecule has 1 heterocycles. The van der Waals surface area contributed by atoms with Gasteiger partial charge in [0, 0.05) is 58.4 Å². The van der Waals surface area contributed by atoms with Crippen LogP contribution >= 0.6 is 0 Å². The SMILES string of the molecule is CCC.CCC(C)N1CCNCCNCCNCC1. The molecule has 3 N–H and O–H groups in total. The Bertz CT molecular complexity index is 164. The first kappa shape index (κ1) is 18.8. The van der Waals surface area contributed by atoms with E-state index >= 15 is 0 Å². The lowest BCUT2D eigenvalue weighted by Crippen LogP contribution is -2.44. The van der Waals surface area contributed by atoms with Gasteiger partial charge in [-0.05, 0) is 13.3 Å². The van der Waals surface area contributed by atoms with Crippen LogP contribution in [0, 0.1) is 0 Å². The van der Waals surface area contributed by atoms with Crippen molar-refractivity contribution in [2.24, 2.45) is 0 Å². The molecule has 4 heteroatoms. The van der Waals surface area contributed by atoms with E-state index in [1.165, 1.54) is 12.8 Å². The van der Waals surface area contributed by atoms with Crippen LogP contribution in [0.1, 0.15) is 40.5 Å². The summed E-state index contributed by atoms with van der Waals surface area (Å²) < 4.78 is 0. The Morgan fingerprint density at radius 3 is 1.53 bits per heavy atom. The molecule has 1 fully saturated rings. The van der Waals surface area contributed by atoms with Crippen molar-refractivity contribution in [2.45, 2.75) is 46.6 Å². The zero-order valence-corrected chi connectivity index (χ0v) is 13.6. The number of nitrogens with zero attached hydrogens (tertiary/aromatic N) is 1. The second-order valence-corrected chi connectivity index (χ2v) is 5.25. The van der Waals surface area contributed by atoms with Crippen molar-refractivity contribution in [2.75, 3.05) is 52.4 Å². The maximum Gasteiger partial charge on any atom is 0.0110 e. The van der Waals surface area contributed by atoms with E-state index in [9.17, 15) is 0 Å². The summed E-state index contributed by atoms with van der Waals surface area (Å²) in [6.45, 7) is 17.7. The van der Waals surface area contributed by atoms with Crippen molar-refractivity contribution < 1.29 is 0 Å². The van der Waals surface area contributed by atoms with Crippen LogP contribution in [-0.4, -0.2) is 63.3 Å². The third-order valence-corrected chi connectivity index (χ3v) is 3.32. The van der Waals surface area contributed by atoms with Gasteiger partial charge < -0.3 is 16.0 Å². The van der Waals surface area contributed by atoms with Crippen LogP contribution < -0.4 is 16.0 Å². The quantitative estimate of drug-likeness (QED) is 0.708. The van der Waals surface area contributed by atoms with Crippen molar-refractivity contribution in [3.63, 3.8) is 0 Å². The minimum atomic E-state index is 0.699. The molecule has 1 aliphatic rings. The molecule has 0 aromatic rings. The first-order chi connectivity index (χ1) is 9.26. The Hall–Kier alpha value is -0.160. The first-order valence-corrected chi connectivity index (χ1v) is 8.12. The molecule has 1 aliphatic heterocycles. The molecule has 1 rings (SSSR count). The molecular formula is C15H36N4. The number of rotatable bonds is 2. The predicted octanol–water partition coefficient (Wildman–Crippen LogP) is 1.29. The Morgan fingerprint density at radius 2 is 1.16 bits per heavy atom. The Kier molecular flexibility index (Phi) is 14.1. The predicted molar refractivity (Wildman–Crippen MR) is 85.9 cm³/mol. The van der Waals surface area contributed by atoms with Crippen LogP contribution in [0.15, 0.2) is 0 Å². The van der Waals surface area contributed by atoms with Crippen LogP contribution in [0.4, 0.5) is 0 Å². The van der Waals surface area contributed by atoms with Gasteiger partial charge in [-0.1, -0.05) is 27.2 Å². The third-order valence-electron chi connectivity index (χ3n) is 3.32. The second-order valence-electron chi connectivity index (χ2n) is 5.25. The molecule has 0 amide bonds. The highest BCUT2D eigenvalue weighted by Crippen LogP contribution is 2.01. The fraction of sp³-hybridized carbons (Fsp3) is 1.00. The average molecular weight is 272 g/mol. The lowest BCUT2D eigenvalue weighted by Gasteiger charge is -2.29.